The molecule has 6 aromatic rings. The molecule has 0 spiro atoms. The third kappa shape index (κ3) is 2.86. The lowest BCUT2D eigenvalue weighted by Gasteiger charge is -2.12. The van der Waals surface area contributed by atoms with Crippen LogP contribution in [0.3, 0.4) is 0 Å². The molecule has 0 atom stereocenters. The van der Waals surface area contributed by atoms with Gasteiger partial charge < -0.3 is 4.57 Å². The van der Waals surface area contributed by atoms with Crippen LogP contribution in [-0.2, 0) is 0 Å². The smallest absolute Gasteiger partial charge is 0.0547 e. The highest BCUT2D eigenvalue weighted by Crippen LogP contribution is 2.41. The fraction of sp³-hybridized carbons (Fsp3) is 0. The molecule has 1 aromatic heterocycles. The van der Waals surface area contributed by atoms with Crippen molar-refractivity contribution in [3.05, 3.63) is 127 Å². The number of para-hydroxylation sites is 2. The first-order valence-electron chi connectivity index (χ1n) is 10.6. The van der Waals surface area contributed by atoms with Crippen LogP contribution in [0.4, 0.5) is 0 Å². The minimum atomic E-state index is 1.18. The summed E-state index contributed by atoms with van der Waals surface area (Å²) in [4.78, 5) is 0. The number of rotatable bonds is 3. The van der Waals surface area contributed by atoms with E-state index in [1.165, 1.54) is 49.7 Å². The first kappa shape index (κ1) is 17.7. The predicted molar refractivity (Wildman–Crippen MR) is 132 cm³/mol. The Labute approximate surface area is 181 Å². The second kappa shape index (κ2) is 7.30. The van der Waals surface area contributed by atoms with Crippen LogP contribution in [0.15, 0.2) is 127 Å². The highest BCUT2D eigenvalue weighted by Gasteiger charge is 2.17. The molecule has 0 unspecified atom stereocenters. The number of benzene rings is 5. The summed E-state index contributed by atoms with van der Waals surface area (Å²) in [5, 5.41) is 2.57. The van der Waals surface area contributed by atoms with Gasteiger partial charge in [0.05, 0.1) is 11.0 Å². The van der Waals surface area contributed by atoms with Gasteiger partial charge in [-0.1, -0.05) is 103 Å². The molecule has 1 heterocycles. The summed E-state index contributed by atoms with van der Waals surface area (Å²) in [6, 6.07) is 45.4. The van der Waals surface area contributed by atoms with Crippen molar-refractivity contribution >= 4 is 21.8 Å². The molecule has 0 saturated carbocycles. The van der Waals surface area contributed by atoms with Crippen molar-refractivity contribution in [1.29, 1.82) is 0 Å². The van der Waals surface area contributed by atoms with E-state index in [9.17, 15) is 0 Å². The Morgan fingerprint density at radius 2 is 0.968 bits per heavy atom. The van der Waals surface area contributed by atoms with Crippen molar-refractivity contribution in [2.45, 2.75) is 0 Å². The van der Waals surface area contributed by atoms with Gasteiger partial charge in [0, 0.05) is 16.5 Å². The first-order chi connectivity index (χ1) is 15.4. The van der Waals surface area contributed by atoms with E-state index in [1.807, 2.05) is 0 Å². The zero-order chi connectivity index (χ0) is 20.6. The van der Waals surface area contributed by atoms with Gasteiger partial charge in [-0.05, 0) is 46.5 Å². The summed E-state index contributed by atoms with van der Waals surface area (Å²) in [5.41, 5.74) is 8.66. The second-order valence-electron chi connectivity index (χ2n) is 7.80. The van der Waals surface area contributed by atoms with E-state index >= 15 is 0 Å². The molecule has 0 amide bonds. The van der Waals surface area contributed by atoms with Crippen LogP contribution in [0.5, 0.6) is 0 Å². The molecule has 0 N–H and O–H groups in total. The minimum absolute atomic E-state index is 1.18. The van der Waals surface area contributed by atoms with Crippen molar-refractivity contribution in [2.24, 2.45) is 0 Å². The third-order valence-corrected chi connectivity index (χ3v) is 6.01. The van der Waals surface area contributed by atoms with Crippen molar-refractivity contribution in [3.63, 3.8) is 0 Å². The Morgan fingerprint density at radius 1 is 0.387 bits per heavy atom. The van der Waals surface area contributed by atoms with Crippen molar-refractivity contribution in [1.82, 2.24) is 4.57 Å². The van der Waals surface area contributed by atoms with Gasteiger partial charge in [-0.25, -0.2) is 0 Å². The van der Waals surface area contributed by atoms with E-state index < -0.39 is 0 Å². The second-order valence-corrected chi connectivity index (χ2v) is 7.80. The molecule has 0 aliphatic heterocycles. The van der Waals surface area contributed by atoms with Crippen LogP contribution in [0.1, 0.15) is 0 Å². The normalized spacial score (nSPS) is 11.2. The molecule has 1 nitrogen and oxygen atoms in total. The Bertz CT molecular complexity index is 1510. The molecule has 146 valence electrons. The Hall–Kier alpha value is -4.10. The van der Waals surface area contributed by atoms with Gasteiger partial charge in [-0.15, -0.1) is 0 Å². The lowest BCUT2D eigenvalue weighted by atomic mass is 9.92. The average Bonchev–Trinajstić information content (AvgIpc) is 3.20. The lowest BCUT2D eigenvalue weighted by Crippen LogP contribution is -1.93. The van der Waals surface area contributed by atoms with E-state index in [0.29, 0.717) is 0 Å². The van der Waals surface area contributed by atoms with Crippen molar-refractivity contribution in [2.75, 3.05) is 0 Å². The molecule has 0 aliphatic carbocycles. The zero-order valence-electron chi connectivity index (χ0n) is 17.1. The van der Waals surface area contributed by atoms with E-state index in [2.05, 4.69) is 132 Å². The molecule has 0 aliphatic rings. The van der Waals surface area contributed by atoms with Crippen LogP contribution >= 0.6 is 0 Å². The molecule has 0 bridgehead atoms. The van der Waals surface area contributed by atoms with Gasteiger partial charge in [-0.3, -0.25) is 0 Å². The van der Waals surface area contributed by atoms with Crippen LogP contribution < -0.4 is 0 Å². The number of nitrogens with zero attached hydrogens (tertiary/aromatic N) is 1. The molecule has 31 heavy (non-hydrogen) atoms. The Morgan fingerprint density at radius 3 is 1.77 bits per heavy atom. The van der Waals surface area contributed by atoms with Crippen molar-refractivity contribution in [3.8, 4) is 27.9 Å². The van der Waals surface area contributed by atoms with E-state index in [4.69, 9.17) is 0 Å². The van der Waals surface area contributed by atoms with Crippen molar-refractivity contribution < 1.29 is 0 Å². The maximum absolute atomic E-state index is 2.37. The van der Waals surface area contributed by atoms with Crippen LogP contribution in [-0.4, -0.2) is 4.57 Å². The van der Waals surface area contributed by atoms with Gasteiger partial charge in [-0.2, -0.15) is 0 Å². The minimum Gasteiger partial charge on any atom is -0.309 e. The largest absolute Gasteiger partial charge is 0.309 e. The standard InChI is InChI=1S/C30H21N/c1-3-12-22(13-4-1)24-16-7-8-17-25(24)26-19-11-21-29-30(26)27-18-9-10-20-28(27)31(29)23-14-5-2-6-15-23/h1-21H. The van der Waals surface area contributed by atoms with Crippen LogP contribution in [0, 0.1) is 0 Å². The van der Waals surface area contributed by atoms with Gasteiger partial charge in [0.1, 0.15) is 0 Å². The number of aromatic nitrogens is 1. The van der Waals surface area contributed by atoms with Gasteiger partial charge in [0.15, 0.2) is 0 Å². The molecular formula is C30H21N. The van der Waals surface area contributed by atoms with Gasteiger partial charge in [0.25, 0.3) is 0 Å². The van der Waals surface area contributed by atoms with Crippen LogP contribution in [0.25, 0.3) is 49.7 Å². The van der Waals surface area contributed by atoms with E-state index in [0.717, 1.165) is 0 Å². The highest BCUT2D eigenvalue weighted by atomic mass is 15.0. The third-order valence-electron chi connectivity index (χ3n) is 6.01. The number of fused-ring (bicyclic) bond motifs is 3. The van der Waals surface area contributed by atoms with E-state index in [1.54, 1.807) is 0 Å². The monoisotopic (exact) mass is 395 g/mol. The lowest BCUT2D eigenvalue weighted by molar-refractivity contribution is 1.18. The highest BCUT2D eigenvalue weighted by molar-refractivity contribution is 6.16. The maximum Gasteiger partial charge on any atom is 0.0547 e. The molecule has 0 saturated heterocycles. The zero-order valence-corrected chi connectivity index (χ0v) is 17.1. The SMILES string of the molecule is c1ccc(-c2ccccc2-c2cccc3c2c2ccccc2n3-c2ccccc2)cc1. The number of hydrogen-bond donors (Lipinski definition) is 0. The molecule has 0 fully saturated rings. The fourth-order valence-corrected chi connectivity index (χ4v) is 4.69. The molecular weight excluding hydrogens is 374 g/mol. The molecule has 5 aromatic carbocycles. The summed E-state index contributed by atoms with van der Waals surface area (Å²) >= 11 is 0. The van der Waals surface area contributed by atoms with Gasteiger partial charge >= 0.3 is 0 Å². The van der Waals surface area contributed by atoms with E-state index in [-0.39, 0.29) is 0 Å². The van der Waals surface area contributed by atoms with Gasteiger partial charge in [0.2, 0.25) is 0 Å². The quantitative estimate of drug-likeness (QED) is 0.285. The Balaban J connectivity index is 1.72. The summed E-state index contributed by atoms with van der Waals surface area (Å²) in [7, 11) is 0. The summed E-state index contributed by atoms with van der Waals surface area (Å²) in [5.74, 6) is 0. The summed E-state index contributed by atoms with van der Waals surface area (Å²) < 4.78 is 2.37. The molecule has 0 radical (unpaired) electrons. The number of hydrogen-bond acceptors (Lipinski definition) is 0. The first-order valence-corrected chi connectivity index (χ1v) is 10.6. The molecule has 1 heteroatoms. The maximum atomic E-state index is 2.37. The summed E-state index contributed by atoms with van der Waals surface area (Å²) in [6.07, 6.45) is 0. The predicted octanol–water partition coefficient (Wildman–Crippen LogP) is 8.12. The Kier molecular flexibility index (Phi) is 4.18. The average molecular weight is 396 g/mol. The van der Waals surface area contributed by atoms with Crippen LogP contribution in [0.2, 0.25) is 0 Å². The summed E-state index contributed by atoms with van der Waals surface area (Å²) in [6.45, 7) is 0. The fourth-order valence-electron chi connectivity index (χ4n) is 4.69. The molecule has 6 rings (SSSR count). The topological polar surface area (TPSA) is 4.93 Å².